The predicted molar refractivity (Wildman–Crippen MR) is 166 cm³/mol. The largest absolute Gasteiger partial charge is 0.407 e. The van der Waals surface area contributed by atoms with Crippen LogP contribution in [0, 0.1) is 0 Å². The maximum absolute atomic E-state index is 13.5. The van der Waals surface area contributed by atoms with Crippen molar-refractivity contribution in [2.24, 2.45) is 0 Å². The molecule has 2 aromatic rings. The molecular formula is C30H47N3O7Si2. The van der Waals surface area contributed by atoms with E-state index in [1.807, 2.05) is 0 Å². The van der Waals surface area contributed by atoms with Crippen molar-refractivity contribution in [2.45, 2.75) is 115 Å². The third-order valence-corrected chi connectivity index (χ3v) is 18.4. The summed E-state index contributed by atoms with van der Waals surface area (Å²) in [6.45, 7) is 24.1. The third-order valence-electron chi connectivity index (χ3n) is 8.77. The first-order valence-electron chi connectivity index (χ1n) is 14.5. The van der Waals surface area contributed by atoms with E-state index in [-0.39, 0.29) is 26.5 Å². The number of hydrogen-bond acceptors (Lipinski definition) is 8. The van der Waals surface area contributed by atoms with Gasteiger partial charge in [0.15, 0.2) is 20.4 Å². The van der Waals surface area contributed by atoms with Crippen LogP contribution in [0.3, 0.4) is 0 Å². The van der Waals surface area contributed by atoms with Gasteiger partial charge in [-0.15, -0.1) is 0 Å². The van der Waals surface area contributed by atoms with Gasteiger partial charge in [-0.2, -0.15) is 10.0 Å². The summed E-state index contributed by atoms with van der Waals surface area (Å²) in [5.74, 6) is -0.882. The second-order valence-corrected chi connectivity index (χ2v) is 24.4. The van der Waals surface area contributed by atoms with Gasteiger partial charge >= 0.3 is 14.3 Å². The second-order valence-electron chi connectivity index (χ2n) is 14.9. The summed E-state index contributed by atoms with van der Waals surface area (Å²) in [6, 6.07) is 9.71. The predicted octanol–water partition coefficient (Wildman–Crippen LogP) is 6.02. The number of anilines is 1. The highest BCUT2D eigenvalue weighted by Gasteiger charge is 2.66. The van der Waals surface area contributed by atoms with E-state index in [1.54, 1.807) is 30.3 Å². The first-order valence-corrected chi connectivity index (χ1v) is 19.3. The van der Waals surface area contributed by atoms with Gasteiger partial charge in [-0.05, 0) is 30.3 Å². The number of carbonyl (C=O) groups is 1. The molecule has 2 aliphatic rings. The maximum atomic E-state index is 13.5. The summed E-state index contributed by atoms with van der Waals surface area (Å²) in [4.78, 5) is 30.3. The number of benzene rings is 1. The van der Waals surface area contributed by atoms with E-state index in [1.165, 1.54) is 16.8 Å². The smallest absolute Gasteiger partial charge is 0.351 e. The molecule has 0 spiro atoms. The first kappa shape index (κ1) is 32.7. The van der Waals surface area contributed by atoms with Gasteiger partial charge in [0.25, 0.3) is 5.91 Å². The first-order chi connectivity index (χ1) is 19.2. The highest BCUT2D eigenvalue weighted by Crippen LogP contribution is 2.56. The van der Waals surface area contributed by atoms with Crippen molar-refractivity contribution in [3.05, 3.63) is 58.6 Å². The molecule has 42 heavy (non-hydrogen) atoms. The van der Waals surface area contributed by atoms with Crippen LogP contribution in [0.15, 0.2) is 47.4 Å². The van der Waals surface area contributed by atoms with Crippen molar-refractivity contribution in [1.29, 1.82) is 0 Å². The van der Waals surface area contributed by atoms with E-state index in [0.29, 0.717) is 11.7 Å². The Morgan fingerprint density at radius 2 is 1.64 bits per heavy atom. The van der Waals surface area contributed by atoms with E-state index in [2.05, 4.69) is 80.4 Å². The summed E-state index contributed by atoms with van der Waals surface area (Å²) in [7, 11) is -5.24. The molecule has 1 aromatic carbocycles. The number of rotatable bonds is 5. The molecule has 10 nitrogen and oxygen atoms in total. The van der Waals surface area contributed by atoms with Gasteiger partial charge in [0.2, 0.25) is 0 Å². The molecule has 3 heterocycles. The fraction of sp³-hybridized carbons (Fsp3) is 0.633. The van der Waals surface area contributed by atoms with Gasteiger partial charge < -0.3 is 18.0 Å². The molecule has 1 amide bonds. The Kier molecular flexibility index (Phi) is 8.62. The Hall–Kier alpha value is -2.20. The van der Waals surface area contributed by atoms with E-state index in [9.17, 15) is 14.8 Å². The van der Waals surface area contributed by atoms with Gasteiger partial charge in [0, 0.05) is 27.9 Å². The zero-order valence-corrected chi connectivity index (χ0v) is 28.8. The van der Waals surface area contributed by atoms with Crippen LogP contribution in [-0.2, 0) is 18.0 Å². The van der Waals surface area contributed by atoms with Gasteiger partial charge in [-0.3, -0.25) is 14.6 Å². The molecule has 4 atom stereocenters. The van der Waals surface area contributed by atoms with Crippen molar-refractivity contribution >= 4 is 28.6 Å². The highest BCUT2D eigenvalue weighted by molar-refractivity contribution is 6.74. The zero-order valence-electron chi connectivity index (χ0n) is 26.8. The number of amides is 1. The van der Waals surface area contributed by atoms with Gasteiger partial charge in [-0.1, -0.05) is 80.5 Å². The van der Waals surface area contributed by atoms with Gasteiger partial charge in [0.05, 0.1) is 6.61 Å². The lowest BCUT2D eigenvalue weighted by Crippen LogP contribution is -2.66. The van der Waals surface area contributed by atoms with Gasteiger partial charge in [-0.25, -0.2) is 4.79 Å². The molecule has 4 rings (SSSR count). The quantitative estimate of drug-likeness (QED) is 0.246. The molecule has 2 fully saturated rings. The average molecular weight is 618 g/mol. The number of aromatic nitrogens is 2. The summed E-state index contributed by atoms with van der Waals surface area (Å²) in [5, 5.41) is 10.4. The molecule has 2 saturated heterocycles. The lowest BCUT2D eigenvalue weighted by molar-refractivity contribution is -0.0808. The van der Waals surface area contributed by atoms with Crippen LogP contribution in [-0.4, -0.2) is 62.5 Å². The molecule has 232 valence electrons. The van der Waals surface area contributed by atoms with Crippen molar-refractivity contribution in [1.82, 2.24) is 9.55 Å². The fourth-order valence-electron chi connectivity index (χ4n) is 5.71. The molecule has 0 saturated carbocycles. The van der Waals surface area contributed by atoms with Crippen LogP contribution in [0.25, 0.3) is 0 Å². The normalized spacial score (nSPS) is 24.8. The lowest BCUT2D eigenvalue weighted by atomic mass is 10.1. The van der Waals surface area contributed by atoms with E-state index < -0.39 is 53.0 Å². The van der Waals surface area contributed by atoms with Crippen LogP contribution >= 0.6 is 0 Å². The number of hydrogen-bond donors (Lipinski definition) is 1. The summed E-state index contributed by atoms with van der Waals surface area (Å²) in [5.41, 5.74) is -0.421. The number of ether oxygens (including phenoxy) is 1. The number of carbonyl (C=O) groups excluding carboxylic acids is 1. The Morgan fingerprint density at radius 3 is 2.17 bits per heavy atom. The maximum Gasteiger partial charge on any atom is 0.351 e. The van der Waals surface area contributed by atoms with Crippen molar-refractivity contribution in [3.63, 3.8) is 0 Å². The molecule has 0 bridgehead atoms. The summed E-state index contributed by atoms with van der Waals surface area (Å²) >= 11 is 0. The minimum absolute atomic E-state index is 0.106. The van der Waals surface area contributed by atoms with Crippen molar-refractivity contribution < 1.29 is 28.0 Å². The zero-order chi connectivity index (χ0) is 31.5. The van der Waals surface area contributed by atoms with Crippen LogP contribution in [0.4, 0.5) is 5.82 Å². The van der Waals surface area contributed by atoms with Crippen molar-refractivity contribution in [3.8, 4) is 0 Å². The van der Waals surface area contributed by atoms with Crippen LogP contribution in [0.5, 0.6) is 0 Å². The van der Waals surface area contributed by atoms with Crippen LogP contribution in [0.1, 0.15) is 78.9 Å². The molecular weight excluding hydrogens is 571 g/mol. The lowest BCUT2D eigenvalue weighted by Gasteiger charge is -2.54. The Morgan fingerprint density at radius 1 is 1.05 bits per heavy atom. The van der Waals surface area contributed by atoms with E-state index in [4.69, 9.17) is 18.0 Å². The van der Waals surface area contributed by atoms with Crippen LogP contribution < -0.4 is 10.8 Å². The average Bonchev–Trinajstić information content (AvgIpc) is 3.22. The molecule has 0 unspecified atom stereocenters. The Labute approximate surface area is 251 Å². The molecule has 1 N–H and O–H groups in total. The van der Waals surface area contributed by atoms with Crippen molar-refractivity contribution in [2.75, 3.05) is 11.7 Å². The standard InChI is InChI=1S/C30H47N3O7Si2/c1-28(2,3)41(10,11)39-24-23-21(19-37-42(40-23,29(4,5)6)30(7,8)9)38-26(24)32-18-17-22(31-27(32)35)33(36)25(34)20-15-13-12-14-16-20/h12-18,21,23-24,26,36H,19H2,1-11H3/t21-,23-,24-,26-/m1/s1. The van der Waals surface area contributed by atoms with E-state index in [0.717, 1.165) is 0 Å². The minimum atomic E-state index is -2.87. The minimum Gasteiger partial charge on any atom is -0.407 e. The highest BCUT2D eigenvalue weighted by atomic mass is 28.4. The second kappa shape index (κ2) is 11.1. The van der Waals surface area contributed by atoms with Crippen LogP contribution in [0.2, 0.25) is 28.2 Å². The summed E-state index contributed by atoms with van der Waals surface area (Å²) < 4.78 is 28.6. The third kappa shape index (κ3) is 5.82. The SMILES string of the molecule is CC(C)(C)[Si](C)(C)O[C@@H]1[C@@H]2O[Si](C(C)(C)C)(C(C)(C)C)OC[C@H]2O[C@H]1n1ccc(N(O)C(=O)c2ccccc2)nc1=O. The topological polar surface area (TPSA) is 112 Å². The molecule has 2 aliphatic heterocycles. The molecule has 0 radical (unpaired) electrons. The molecule has 0 aliphatic carbocycles. The van der Waals surface area contributed by atoms with Gasteiger partial charge in [0.1, 0.15) is 18.3 Å². The number of fused-ring (bicyclic) bond motifs is 1. The monoisotopic (exact) mass is 617 g/mol. The Bertz CT molecular complexity index is 1330. The number of hydroxylamine groups is 1. The summed E-state index contributed by atoms with van der Waals surface area (Å²) in [6.07, 6.45) is -0.861. The molecule has 12 heteroatoms. The number of nitrogens with zero attached hydrogens (tertiary/aromatic N) is 3. The molecule has 1 aromatic heterocycles. The van der Waals surface area contributed by atoms with E-state index >= 15 is 0 Å². The fourth-order valence-corrected chi connectivity index (χ4v) is 12.0. The Balaban J connectivity index is 1.73.